The van der Waals surface area contributed by atoms with Crippen molar-refractivity contribution in [1.29, 1.82) is 0 Å². The Kier molecular flexibility index (Phi) is 7.11. The van der Waals surface area contributed by atoms with E-state index in [2.05, 4.69) is 20.6 Å². The SMILES string of the molecule is CCOc1cc(C(=O)Nc2nnc(-c3ccn(C(C)C)n3)o2)cc(OCC)c1OCC. The fourth-order valence-corrected chi connectivity index (χ4v) is 2.81. The van der Waals surface area contributed by atoms with Gasteiger partial charge in [-0.1, -0.05) is 5.10 Å². The summed E-state index contributed by atoms with van der Waals surface area (Å²) in [5, 5.41) is 14.8. The van der Waals surface area contributed by atoms with Gasteiger partial charge < -0.3 is 18.6 Å². The summed E-state index contributed by atoms with van der Waals surface area (Å²) in [6.45, 7) is 10.8. The highest BCUT2D eigenvalue weighted by Crippen LogP contribution is 2.39. The number of hydrogen-bond donors (Lipinski definition) is 1. The van der Waals surface area contributed by atoms with E-state index in [4.69, 9.17) is 18.6 Å². The Morgan fingerprint density at radius 1 is 1.06 bits per heavy atom. The maximum atomic E-state index is 12.8. The minimum atomic E-state index is -0.451. The number of amides is 1. The fourth-order valence-electron chi connectivity index (χ4n) is 2.81. The summed E-state index contributed by atoms with van der Waals surface area (Å²) in [5.74, 6) is 1.07. The number of hydrogen-bond acceptors (Lipinski definition) is 8. The molecule has 0 radical (unpaired) electrons. The molecule has 3 rings (SSSR count). The molecule has 3 aromatic rings. The van der Waals surface area contributed by atoms with Crippen LogP contribution in [0.1, 0.15) is 51.0 Å². The smallest absolute Gasteiger partial charge is 0.322 e. The molecule has 0 aliphatic heterocycles. The number of ether oxygens (including phenoxy) is 3. The molecule has 1 amide bonds. The van der Waals surface area contributed by atoms with Crippen molar-refractivity contribution < 1.29 is 23.4 Å². The van der Waals surface area contributed by atoms with E-state index in [1.807, 2.05) is 40.8 Å². The van der Waals surface area contributed by atoms with Crippen molar-refractivity contribution >= 4 is 11.9 Å². The summed E-state index contributed by atoms with van der Waals surface area (Å²) in [5.41, 5.74) is 0.833. The summed E-state index contributed by atoms with van der Waals surface area (Å²) >= 11 is 0. The van der Waals surface area contributed by atoms with Crippen LogP contribution in [0.2, 0.25) is 0 Å². The quantitative estimate of drug-likeness (QED) is 0.515. The van der Waals surface area contributed by atoms with Gasteiger partial charge in [-0.25, -0.2) is 0 Å². The molecular weight excluding hydrogens is 402 g/mol. The standard InChI is InChI=1S/C21H27N5O5/c1-6-28-16-11-14(12-17(29-7-2)18(16)30-8-3)19(27)22-21-24-23-20(31-21)15-9-10-26(25-15)13(4)5/h9-13H,6-8H2,1-5H3,(H,22,24,27). The van der Waals surface area contributed by atoms with Gasteiger partial charge in [0.2, 0.25) is 5.75 Å². The Morgan fingerprint density at radius 3 is 2.26 bits per heavy atom. The third-order valence-corrected chi connectivity index (χ3v) is 4.17. The number of anilines is 1. The van der Waals surface area contributed by atoms with Crippen molar-refractivity contribution in [2.24, 2.45) is 0 Å². The maximum Gasteiger partial charge on any atom is 0.322 e. The van der Waals surface area contributed by atoms with E-state index in [-0.39, 0.29) is 17.9 Å². The van der Waals surface area contributed by atoms with Crippen molar-refractivity contribution in [2.45, 2.75) is 40.7 Å². The van der Waals surface area contributed by atoms with E-state index < -0.39 is 5.91 Å². The molecular formula is C21H27N5O5. The molecule has 2 heterocycles. The van der Waals surface area contributed by atoms with Crippen LogP contribution in [-0.4, -0.2) is 45.7 Å². The van der Waals surface area contributed by atoms with E-state index in [9.17, 15) is 4.79 Å². The van der Waals surface area contributed by atoms with Gasteiger partial charge in [0.05, 0.1) is 19.8 Å². The van der Waals surface area contributed by atoms with Crippen LogP contribution in [0, 0.1) is 0 Å². The first-order chi connectivity index (χ1) is 15.0. The van der Waals surface area contributed by atoms with Gasteiger partial charge in [-0.05, 0) is 52.8 Å². The van der Waals surface area contributed by atoms with Gasteiger partial charge in [0, 0.05) is 17.8 Å². The number of rotatable bonds is 10. The Hall–Kier alpha value is -3.56. The van der Waals surface area contributed by atoms with E-state index in [1.54, 1.807) is 22.9 Å². The highest BCUT2D eigenvalue weighted by Gasteiger charge is 2.20. The zero-order chi connectivity index (χ0) is 22.4. The van der Waals surface area contributed by atoms with Gasteiger partial charge in [-0.2, -0.15) is 5.10 Å². The number of carbonyl (C=O) groups excluding carboxylic acids is 1. The number of nitrogens with one attached hydrogen (secondary N) is 1. The molecule has 0 saturated carbocycles. The first-order valence-electron chi connectivity index (χ1n) is 10.2. The third-order valence-electron chi connectivity index (χ3n) is 4.17. The van der Waals surface area contributed by atoms with Crippen molar-refractivity contribution in [3.05, 3.63) is 30.0 Å². The predicted octanol–water partition coefficient (Wildman–Crippen LogP) is 3.96. The topological polar surface area (TPSA) is 114 Å². The summed E-state index contributed by atoms with van der Waals surface area (Å²) in [4.78, 5) is 12.8. The highest BCUT2D eigenvalue weighted by molar-refractivity contribution is 6.04. The second-order valence-corrected chi connectivity index (χ2v) is 6.74. The first kappa shape index (κ1) is 22.1. The van der Waals surface area contributed by atoms with E-state index >= 15 is 0 Å². The van der Waals surface area contributed by atoms with Crippen molar-refractivity contribution in [1.82, 2.24) is 20.0 Å². The Labute approximate surface area is 180 Å². The average Bonchev–Trinajstić information content (AvgIpc) is 3.40. The molecule has 2 aromatic heterocycles. The molecule has 1 aromatic carbocycles. The van der Waals surface area contributed by atoms with E-state index in [1.165, 1.54) is 0 Å². The fraction of sp³-hybridized carbons (Fsp3) is 0.429. The minimum Gasteiger partial charge on any atom is -0.490 e. The van der Waals surface area contributed by atoms with Crippen LogP contribution < -0.4 is 19.5 Å². The second kappa shape index (κ2) is 9.96. The molecule has 0 aliphatic carbocycles. The van der Waals surface area contributed by atoms with Crippen LogP contribution in [0.25, 0.3) is 11.6 Å². The normalized spacial score (nSPS) is 10.9. The van der Waals surface area contributed by atoms with Crippen LogP contribution in [0.3, 0.4) is 0 Å². The molecule has 1 N–H and O–H groups in total. The molecule has 0 saturated heterocycles. The zero-order valence-corrected chi connectivity index (χ0v) is 18.3. The first-order valence-corrected chi connectivity index (χ1v) is 10.2. The van der Waals surface area contributed by atoms with Gasteiger partial charge in [-0.3, -0.25) is 14.8 Å². The average molecular weight is 429 g/mol. The van der Waals surface area contributed by atoms with E-state index in [0.717, 1.165) is 0 Å². The van der Waals surface area contributed by atoms with Crippen LogP contribution in [0.5, 0.6) is 17.2 Å². The summed E-state index contributed by atoms with van der Waals surface area (Å²) in [7, 11) is 0. The van der Waals surface area contributed by atoms with Gasteiger partial charge >= 0.3 is 6.01 Å². The Bertz CT molecular complexity index is 1000. The summed E-state index contributed by atoms with van der Waals surface area (Å²) < 4.78 is 24.3. The number of nitrogens with zero attached hydrogens (tertiary/aromatic N) is 4. The third kappa shape index (κ3) is 5.14. The number of aromatic nitrogens is 4. The molecule has 0 bridgehead atoms. The Morgan fingerprint density at radius 2 is 1.71 bits per heavy atom. The summed E-state index contributed by atoms with van der Waals surface area (Å²) in [6.07, 6.45) is 1.83. The largest absolute Gasteiger partial charge is 0.490 e. The molecule has 10 nitrogen and oxygen atoms in total. The lowest BCUT2D eigenvalue weighted by Gasteiger charge is -2.16. The molecule has 0 unspecified atom stereocenters. The van der Waals surface area contributed by atoms with Gasteiger partial charge in [0.25, 0.3) is 11.8 Å². The van der Waals surface area contributed by atoms with Crippen LogP contribution in [0.15, 0.2) is 28.8 Å². The van der Waals surface area contributed by atoms with E-state index in [0.29, 0.717) is 48.3 Å². The lowest BCUT2D eigenvalue weighted by atomic mass is 10.1. The molecule has 31 heavy (non-hydrogen) atoms. The van der Waals surface area contributed by atoms with Gasteiger partial charge in [0.1, 0.15) is 5.69 Å². The monoisotopic (exact) mass is 429 g/mol. The molecule has 0 aliphatic rings. The maximum absolute atomic E-state index is 12.8. The Balaban J connectivity index is 1.83. The molecule has 0 atom stereocenters. The van der Waals surface area contributed by atoms with Gasteiger partial charge in [0.15, 0.2) is 11.5 Å². The summed E-state index contributed by atoms with van der Waals surface area (Å²) in [6, 6.07) is 5.12. The lowest BCUT2D eigenvalue weighted by Crippen LogP contribution is -2.13. The lowest BCUT2D eigenvalue weighted by molar-refractivity contribution is 0.102. The highest BCUT2D eigenvalue weighted by atomic mass is 16.5. The molecule has 10 heteroatoms. The molecule has 0 spiro atoms. The number of benzene rings is 1. The van der Waals surface area contributed by atoms with Crippen LogP contribution in [0.4, 0.5) is 6.01 Å². The zero-order valence-electron chi connectivity index (χ0n) is 18.3. The van der Waals surface area contributed by atoms with Crippen LogP contribution in [-0.2, 0) is 0 Å². The number of carbonyl (C=O) groups is 1. The molecule has 0 fully saturated rings. The van der Waals surface area contributed by atoms with Crippen molar-refractivity contribution in [2.75, 3.05) is 25.1 Å². The van der Waals surface area contributed by atoms with Crippen molar-refractivity contribution in [3.63, 3.8) is 0 Å². The molecule has 166 valence electrons. The van der Waals surface area contributed by atoms with Gasteiger partial charge in [-0.15, -0.1) is 5.10 Å². The van der Waals surface area contributed by atoms with Crippen molar-refractivity contribution in [3.8, 4) is 28.8 Å². The predicted molar refractivity (Wildman–Crippen MR) is 114 cm³/mol. The van der Waals surface area contributed by atoms with Crippen LogP contribution >= 0.6 is 0 Å². The minimum absolute atomic E-state index is 0.0381. The second-order valence-electron chi connectivity index (χ2n) is 6.74.